The number of urea groups is 1. The summed E-state index contributed by atoms with van der Waals surface area (Å²) in [6.45, 7) is 2.67. The summed E-state index contributed by atoms with van der Waals surface area (Å²) < 4.78 is 1.26. The first-order valence-corrected chi connectivity index (χ1v) is 9.61. The molecule has 1 saturated heterocycles. The summed E-state index contributed by atoms with van der Waals surface area (Å²) in [6.07, 6.45) is 0. The topological polar surface area (TPSA) is 72.9 Å². The second-order valence-electron chi connectivity index (χ2n) is 6.37. The van der Waals surface area contributed by atoms with Gasteiger partial charge in [-0.05, 0) is 18.2 Å². The second-order valence-corrected chi connectivity index (χ2v) is 7.28. The molecule has 1 aromatic heterocycles. The summed E-state index contributed by atoms with van der Waals surface area (Å²) in [4.78, 5) is 27.9. The highest BCUT2D eigenvalue weighted by Gasteiger charge is 2.23. The number of carboxylic acids is 1. The number of carbonyl (C=O) groups is 2. The maximum atomic E-state index is 12.6. The third-order valence-electron chi connectivity index (χ3n) is 4.77. The van der Waals surface area contributed by atoms with Gasteiger partial charge in [-0.2, -0.15) is 0 Å². The van der Waals surface area contributed by atoms with Crippen molar-refractivity contribution in [3.8, 4) is 0 Å². The van der Waals surface area contributed by atoms with Crippen LogP contribution in [0.5, 0.6) is 0 Å². The summed E-state index contributed by atoms with van der Waals surface area (Å²) in [5.41, 5.74) is 1.63. The van der Waals surface area contributed by atoms with Crippen molar-refractivity contribution < 1.29 is 14.7 Å². The molecule has 2 heterocycles. The fourth-order valence-corrected chi connectivity index (χ4v) is 4.30. The lowest BCUT2D eigenvalue weighted by Crippen LogP contribution is -2.50. The molecule has 4 rings (SSSR count). The zero-order valence-corrected chi connectivity index (χ0v) is 15.4. The largest absolute Gasteiger partial charge is 0.478 e. The van der Waals surface area contributed by atoms with Gasteiger partial charge in [-0.3, -0.25) is 0 Å². The van der Waals surface area contributed by atoms with Crippen LogP contribution in [0.3, 0.4) is 0 Å². The van der Waals surface area contributed by atoms with Gasteiger partial charge in [0.2, 0.25) is 0 Å². The van der Waals surface area contributed by atoms with Crippen LogP contribution < -0.4 is 10.2 Å². The number of benzene rings is 2. The van der Waals surface area contributed by atoms with E-state index >= 15 is 0 Å². The minimum Gasteiger partial charge on any atom is -0.478 e. The number of amides is 2. The molecule has 1 fully saturated rings. The number of carbonyl (C=O) groups excluding carboxylic acids is 1. The number of thiophene rings is 1. The Hall–Kier alpha value is -3.06. The Morgan fingerprint density at radius 3 is 2.44 bits per heavy atom. The third kappa shape index (κ3) is 3.46. The van der Waals surface area contributed by atoms with Crippen LogP contribution >= 0.6 is 11.3 Å². The van der Waals surface area contributed by atoms with E-state index in [-0.39, 0.29) is 11.6 Å². The van der Waals surface area contributed by atoms with E-state index in [4.69, 9.17) is 0 Å². The van der Waals surface area contributed by atoms with Gasteiger partial charge in [0.15, 0.2) is 0 Å². The monoisotopic (exact) mass is 381 g/mol. The molecule has 1 aliphatic rings. The van der Waals surface area contributed by atoms with Crippen LogP contribution in [0.25, 0.3) is 10.1 Å². The van der Waals surface area contributed by atoms with Crippen molar-refractivity contribution in [3.05, 3.63) is 59.5 Å². The highest BCUT2D eigenvalue weighted by atomic mass is 32.1. The second kappa shape index (κ2) is 7.28. The molecule has 138 valence electrons. The van der Waals surface area contributed by atoms with Crippen LogP contribution in [0.1, 0.15) is 10.4 Å². The number of carboxylic acid groups (broad SMARTS) is 1. The molecule has 0 bridgehead atoms. The molecule has 0 aliphatic carbocycles. The van der Waals surface area contributed by atoms with Gasteiger partial charge in [-0.15, -0.1) is 11.3 Å². The molecule has 0 atom stereocenters. The Balaban J connectivity index is 1.42. The molecule has 2 aromatic carbocycles. The van der Waals surface area contributed by atoms with Crippen molar-refractivity contribution in [2.24, 2.45) is 0 Å². The van der Waals surface area contributed by atoms with Crippen LogP contribution in [0, 0.1) is 0 Å². The number of piperazine rings is 1. The molecule has 0 radical (unpaired) electrons. The number of nitrogens with zero attached hydrogens (tertiary/aromatic N) is 2. The average molecular weight is 381 g/mol. The van der Waals surface area contributed by atoms with Crippen LogP contribution in [0.4, 0.5) is 16.2 Å². The van der Waals surface area contributed by atoms with E-state index in [0.29, 0.717) is 18.8 Å². The predicted octanol–water partition coefficient (Wildman–Crippen LogP) is 3.95. The highest BCUT2D eigenvalue weighted by Crippen LogP contribution is 2.33. The molecule has 1 aliphatic heterocycles. The molecule has 2 amide bonds. The maximum absolute atomic E-state index is 12.6. The fraction of sp³-hybridized carbons (Fsp3) is 0.200. The molecule has 0 unspecified atom stereocenters. The van der Waals surface area contributed by atoms with E-state index in [0.717, 1.165) is 13.1 Å². The fourth-order valence-electron chi connectivity index (χ4n) is 3.33. The number of aromatic carboxylic acids is 1. The number of nitrogens with one attached hydrogen (secondary N) is 1. The van der Waals surface area contributed by atoms with Gasteiger partial charge >= 0.3 is 12.0 Å². The number of fused-ring (bicyclic) bond motifs is 1. The average Bonchev–Trinajstić information content (AvgIpc) is 3.12. The molecule has 0 saturated carbocycles. The summed E-state index contributed by atoms with van der Waals surface area (Å²) in [5, 5.41) is 15.4. The Morgan fingerprint density at radius 2 is 1.67 bits per heavy atom. The van der Waals surface area contributed by atoms with E-state index in [1.165, 1.54) is 21.8 Å². The SMILES string of the molecule is O=C(O)c1ccccc1NC(=O)N1CCN(c2csc3ccccc23)CC1. The summed E-state index contributed by atoms with van der Waals surface area (Å²) in [7, 11) is 0. The Morgan fingerprint density at radius 1 is 0.963 bits per heavy atom. The predicted molar refractivity (Wildman–Crippen MR) is 108 cm³/mol. The van der Waals surface area contributed by atoms with Gasteiger partial charge in [-0.25, -0.2) is 9.59 Å². The standard InChI is InChI=1S/C20H19N3O3S/c24-19(25)14-5-1-3-7-16(14)21-20(26)23-11-9-22(10-12-23)17-13-27-18-8-4-2-6-15(17)18/h1-8,13H,9-12H2,(H,21,26)(H,24,25). The summed E-state index contributed by atoms with van der Waals surface area (Å²) in [6, 6.07) is 14.5. The lowest BCUT2D eigenvalue weighted by Gasteiger charge is -2.35. The summed E-state index contributed by atoms with van der Waals surface area (Å²) in [5.74, 6) is -1.06. The minimum atomic E-state index is -1.06. The van der Waals surface area contributed by atoms with E-state index in [1.54, 1.807) is 34.4 Å². The van der Waals surface area contributed by atoms with Crippen LogP contribution in [0.15, 0.2) is 53.9 Å². The van der Waals surface area contributed by atoms with Crippen molar-refractivity contribution in [1.82, 2.24) is 4.90 Å². The first-order chi connectivity index (χ1) is 13.1. The van der Waals surface area contributed by atoms with Crippen molar-refractivity contribution >= 4 is 44.8 Å². The molecule has 27 heavy (non-hydrogen) atoms. The molecular weight excluding hydrogens is 362 g/mol. The number of rotatable bonds is 3. The van der Waals surface area contributed by atoms with E-state index < -0.39 is 5.97 Å². The third-order valence-corrected chi connectivity index (χ3v) is 5.72. The first-order valence-electron chi connectivity index (χ1n) is 8.73. The lowest BCUT2D eigenvalue weighted by atomic mass is 10.2. The zero-order chi connectivity index (χ0) is 18.8. The molecule has 7 heteroatoms. The molecule has 6 nitrogen and oxygen atoms in total. The van der Waals surface area contributed by atoms with Gasteiger partial charge in [0.25, 0.3) is 0 Å². The van der Waals surface area contributed by atoms with E-state index in [1.807, 2.05) is 12.1 Å². The number of hydrogen-bond acceptors (Lipinski definition) is 4. The summed E-state index contributed by atoms with van der Waals surface area (Å²) >= 11 is 1.73. The van der Waals surface area contributed by atoms with E-state index in [9.17, 15) is 14.7 Å². The molecule has 3 aromatic rings. The van der Waals surface area contributed by atoms with Gasteiger partial charge < -0.3 is 20.2 Å². The van der Waals surface area contributed by atoms with Gasteiger partial charge in [0, 0.05) is 41.6 Å². The smallest absolute Gasteiger partial charge is 0.337 e. The lowest BCUT2D eigenvalue weighted by molar-refractivity contribution is 0.0698. The van der Waals surface area contributed by atoms with Crippen molar-refractivity contribution in [2.75, 3.05) is 36.4 Å². The van der Waals surface area contributed by atoms with Gasteiger partial charge in [0.1, 0.15) is 0 Å². The van der Waals surface area contributed by atoms with E-state index in [2.05, 4.69) is 27.7 Å². The highest BCUT2D eigenvalue weighted by molar-refractivity contribution is 7.17. The zero-order valence-electron chi connectivity index (χ0n) is 14.6. The molecule has 0 spiro atoms. The maximum Gasteiger partial charge on any atom is 0.337 e. The number of anilines is 2. The number of hydrogen-bond donors (Lipinski definition) is 2. The Kier molecular flexibility index (Phi) is 4.68. The van der Waals surface area contributed by atoms with Crippen molar-refractivity contribution in [3.63, 3.8) is 0 Å². The van der Waals surface area contributed by atoms with Crippen LogP contribution in [0.2, 0.25) is 0 Å². The quantitative estimate of drug-likeness (QED) is 0.720. The molecular formula is C20H19N3O3S. The van der Waals surface area contributed by atoms with Crippen molar-refractivity contribution in [2.45, 2.75) is 0 Å². The van der Waals surface area contributed by atoms with Crippen molar-refractivity contribution in [1.29, 1.82) is 0 Å². The first kappa shape index (κ1) is 17.4. The Bertz CT molecular complexity index is 993. The van der Waals surface area contributed by atoms with Gasteiger partial charge in [0.05, 0.1) is 16.9 Å². The van der Waals surface area contributed by atoms with Crippen LogP contribution in [-0.2, 0) is 0 Å². The minimum absolute atomic E-state index is 0.0919. The normalized spacial score (nSPS) is 14.4. The van der Waals surface area contributed by atoms with Gasteiger partial charge in [-0.1, -0.05) is 30.3 Å². The van der Waals surface area contributed by atoms with Crippen LogP contribution in [-0.4, -0.2) is 48.2 Å². The Labute approximate surface area is 160 Å². The number of para-hydroxylation sites is 1. The molecule has 2 N–H and O–H groups in total.